The van der Waals surface area contributed by atoms with Gasteiger partial charge in [0.2, 0.25) is 0 Å². The second-order valence-electron chi connectivity index (χ2n) is 5.62. The topological polar surface area (TPSA) is 54.3 Å². The minimum atomic E-state index is -3.57. The number of nitrogens with zero attached hydrogens (tertiary/aromatic N) is 2. The van der Waals surface area contributed by atoms with Crippen molar-refractivity contribution in [3.8, 4) is 0 Å². The van der Waals surface area contributed by atoms with Crippen LogP contribution in [0.25, 0.3) is 10.9 Å². The maximum atomic E-state index is 12.9. The summed E-state index contributed by atoms with van der Waals surface area (Å²) >= 11 is 4.56. The van der Waals surface area contributed by atoms with Crippen molar-refractivity contribution in [2.45, 2.75) is 4.21 Å². The summed E-state index contributed by atoms with van der Waals surface area (Å²) in [5, 5.41) is 4.31. The van der Waals surface area contributed by atoms with Crippen molar-refractivity contribution in [1.29, 1.82) is 0 Å². The van der Waals surface area contributed by atoms with Gasteiger partial charge in [-0.2, -0.15) is 8.42 Å². The summed E-state index contributed by atoms with van der Waals surface area (Å²) in [7, 11) is -3.57. The van der Waals surface area contributed by atoms with Gasteiger partial charge in [0.15, 0.2) is 0 Å². The fraction of sp³-hybridized carbons (Fsp3) is 0.250. The van der Waals surface area contributed by atoms with Crippen molar-refractivity contribution >= 4 is 53.9 Å². The summed E-state index contributed by atoms with van der Waals surface area (Å²) in [6.45, 7) is 3.74. The van der Waals surface area contributed by atoms with Crippen LogP contribution < -0.4 is 10.2 Å². The Hall–Kier alpha value is -1.35. The Kier molecular flexibility index (Phi) is 4.16. The average Bonchev–Trinajstić information content (AvgIpc) is 3.22. The highest BCUT2D eigenvalue weighted by atomic mass is 79.9. The monoisotopic (exact) mass is 425 g/mol. The summed E-state index contributed by atoms with van der Waals surface area (Å²) < 4.78 is 28.4. The highest BCUT2D eigenvalue weighted by Gasteiger charge is 2.22. The van der Waals surface area contributed by atoms with E-state index < -0.39 is 10.0 Å². The molecule has 0 atom stereocenters. The van der Waals surface area contributed by atoms with E-state index in [1.165, 1.54) is 15.3 Å². The largest absolute Gasteiger partial charge is 0.368 e. The van der Waals surface area contributed by atoms with Crippen LogP contribution in [-0.2, 0) is 10.0 Å². The van der Waals surface area contributed by atoms with Crippen LogP contribution in [0.2, 0.25) is 0 Å². The van der Waals surface area contributed by atoms with Gasteiger partial charge < -0.3 is 10.2 Å². The van der Waals surface area contributed by atoms with E-state index in [9.17, 15) is 8.42 Å². The number of halogens is 1. The first-order valence-electron chi connectivity index (χ1n) is 7.64. The van der Waals surface area contributed by atoms with Crippen molar-refractivity contribution in [2.24, 2.45) is 0 Å². The normalized spacial score (nSPS) is 16.0. The number of benzene rings is 1. The van der Waals surface area contributed by atoms with Crippen LogP contribution >= 0.6 is 27.3 Å². The zero-order valence-corrected chi connectivity index (χ0v) is 16.0. The third-order valence-corrected chi connectivity index (χ3v) is 7.97. The lowest BCUT2D eigenvalue weighted by atomic mass is 10.2. The van der Waals surface area contributed by atoms with Crippen LogP contribution in [0.15, 0.2) is 50.6 Å². The highest BCUT2D eigenvalue weighted by Crippen LogP contribution is 2.33. The third-order valence-electron chi connectivity index (χ3n) is 4.19. The van der Waals surface area contributed by atoms with Gasteiger partial charge in [-0.15, -0.1) is 11.3 Å². The van der Waals surface area contributed by atoms with Gasteiger partial charge in [-0.25, -0.2) is 3.97 Å². The van der Waals surface area contributed by atoms with E-state index in [1.54, 1.807) is 18.3 Å². The van der Waals surface area contributed by atoms with Crippen LogP contribution in [0.4, 0.5) is 5.69 Å². The molecule has 1 N–H and O–H groups in total. The number of piperazine rings is 1. The highest BCUT2D eigenvalue weighted by molar-refractivity contribution is 9.11. The molecule has 0 bridgehead atoms. The molecule has 3 heterocycles. The molecule has 3 aromatic rings. The lowest BCUT2D eigenvalue weighted by Gasteiger charge is -2.30. The Balaban J connectivity index is 1.84. The molecule has 1 aliphatic heterocycles. The molecule has 0 aliphatic carbocycles. The number of rotatable bonds is 3. The molecule has 1 fully saturated rings. The minimum Gasteiger partial charge on any atom is -0.368 e. The molecule has 0 spiro atoms. The fourth-order valence-corrected chi connectivity index (χ4v) is 6.50. The summed E-state index contributed by atoms with van der Waals surface area (Å²) in [6.07, 6.45) is 1.65. The lowest BCUT2D eigenvalue weighted by Crippen LogP contribution is -2.43. The van der Waals surface area contributed by atoms with Crippen molar-refractivity contribution in [3.05, 3.63) is 46.4 Å². The standard InChI is InChI=1S/C16H16BrN3O2S2/c17-15-4-5-16(23-15)24(21,22)20-9-6-12-13(2-1-3-14(12)20)19-10-7-18-8-11-19/h1-6,9,18H,7-8,10-11H2. The fourth-order valence-electron chi connectivity index (χ4n) is 3.05. The predicted octanol–water partition coefficient (Wildman–Crippen LogP) is 3.11. The summed E-state index contributed by atoms with van der Waals surface area (Å²) in [5.41, 5.74) is 1.81. The van der Waals surface area contributed by atoms with Gasteiger partial charge in [-0.1, -0.05) is 6.07 Å². The zero-order valence-electron chi connectivity index (χ0n) is 12.8. The van der Waals surface area contributed by atoms with Gasteiger partial charge in [0.05, 0.1) is 9.30 Å². The Labute approximate surface area is 153 Å². The molecule has 8 heteroatoms. The molecule has 0 amide bonds. The second kappa shape index (κ2) is 6.18. The first kappa shape index (κ1) is 16.1. The summed E-state index contributed by atoms with van der Waals surface area (Å²) in [6, 6.07) is 11.1. The van der Waals surface area contributed by atoms with Crippen molar-refractivity contribution in [2.75, 3.05) is 31.1 Å². The molecule has 2 aromatic heterocycles. The average molecular weight is 426 g/mol. The van der Waals surface area contributed by atoms with Crippen molar-refractivity contribution in [3.63, 3.8) is 0 Å². The smallest absolute Gasteiger partial charge is 0.277 e. The van der Waals surface area contributed by atoms with Crippen LogP contribution in [0.1, 0.15) is 0 Å². The third kappa shape index (κ3) is 2.67. The summed E-state index contributed by atoms with van der Waals surface area (Å²) in [5.74, 6) is 0. The molecule has 126 valence electrons. The molecule has 0 saturated carbocycles. The molecule has 4 rings (SSSR count). The zero-order chi connectivity index (χ0) is 16.7. The quantitative estimate of drug-likeness (QED) is 0.700. The molecule has 5 nitrogen and oxygen atoms in total. The van der Waals surface area contributed by atoms with E-state index in [1.807, 2.05) is 18.2 Å². The first-order valence-corrected chi connectivity index (χ1v) is 10.7. The molecular weight excluding hydrogens is 410 g/mol. The van der Waals surface area contributed by atoms with Gasteiger partial charge in [0, 0.05) is 43.4 Å². The van der Waals surface area contributed by atoms with E-state index in [4.69, 9.17) is 0 Å². The number of fused-ring (bicyclic) bond motifs is 1. The van der Waals surface area contributed by atoms with E-state index >= 15 is 0 Å². The number of aromatic nitrogens is 1. The van der Waals surface area contributed by atoms with Crippen molar-refractivity contribution in [1.82, 2.24) is 9.29 Å². The van der Waals surface area contributed by atoms with E-state index in [0.717, 1.165) is 46.6 Å². The number of hydrogen-bond donors (Lipinski definition) is 1. The van der Waals surface area contributed by atoms with E-state index in [-0.39, 0.29) is 0 Å². The predicted molar refractivity (Wildman–Crippen MR) is 102 cm³/mol. The molecule has 0 radical (unpaired) electrons. The lowest BCUT2D eigenvalue weighted by molar-refractivity contribution is 0.590. The van der Waals surface area contributed by atoms with Crippen LogP contribution in [0, 0.1) is 0 Å². The molecule has 24 heavy (non-hydrogen) atoms. The van der Waals surface area contributed by atoms with E-state index in [2.05, 4.69) is 32.2 Å². The maximum absolute atomic E-state index is 12.9. The molecule has 1 aromatic carbocycles. The number of thiophene rings is 1. The van der Waals surface area contributed by atoms with Crippen LogP contribution in [0.5, 0.6) is 0 Å². The maximum Gasteiger partial charge on any atom is 0.277 e. The van der Waals surface area contributed by atoms with Gasteiger partial charge in [0.25, 0.3) is 10.0 Å². The Morgan fingerprint density at radius 3 is 2.58 bits per heavy atom. The Bertz CT molecular complexity index is 988. The van der Waals surface area contributed by atoms with Crippen LogP contribution in [0.3, 0.4) is 0 Å². The van der Waals surface area contributed by atoms with Crippen molar-refractivity contribution < 1.29 is 8.42 Å². The van der Waals surface area contributed by atoms with Gasteiger partial charge in [0.1, 0.15) is 4.21 Å². The molecular formula is C16H16BrN3O2S2. The number of hydrogen-bond acceptors (Lipinski definition) is 5. The Morgan fingerprint density at radius 2 is 1.88 bits per heavy atom. The molecule has 0 unspecified atom stereocenters. The molecule has 1 aliphatic rings. The van der Waals surface area contributed by atoms with E-state index in [0.29, 0.717) is 4.21 Å². The molecule has 1 saturated heterocycles. The van der Waals surface area contributed by atoms with Gasteiger partial charge >= 0.3 is 0 Å². The second-order valence-corrected chi connectivity index (χ2v) is 10.1. The first-order chi connectivity index (χ1) is 11.6. The minimum absolute atomic E-state index is 0.333. The Morgan fingerprint density at radius 1 is 1.08 bits per heavy atom. The summed E-state index contributed by atoms with van der Waals surface area (Å²) in [4.78, 5) is 2.30. The SMILES string of the molecule is O=S(=O)(c1ccc(Br)s1)n1ccc2c(N3CCNCC3)cccc21. The number of anilines is 1. The number of nitrogens with one attached hydrogen (secondary N) is 1. The van der Waals surface area contributed by atoms with Crippen LogP contribution in [-0.4, -0.2) is 38.6 Å². The van der Waals surface area contributed by atoms with Gasteiger partial charge in [-0.05, 0) is 46.3 Å². The van der Waals surface area contributed by atoms with Gasteiger partial charge in [-0.3, -0.25) is 0 Å².